The molecule has 1 atom stereocenters. The van der Waals surface area contributed by atoms with Gasteiger partial charge in [0, 0.05) is 12.5 Å². The van der Waals surface area contributed by atoms with E-state index in [1.54, 1.807) is 0 Å². The van der Waals surface area contributed by atoms with Gasteiger partial charge in [-0.15, -0.1) is 0 Å². The van der Waals surface area contributed by atoms with Crippen LogP contribution in [0.15, 0.2) is 4.52 Å². The van der Waals surface area contributed by atoms with E-state index in [-0.39, 0.29) is 6.61 Å². The minimum atomic E-state index is 0.0588. The van der Waals surface area contributed by atoms with Crippen molar-refractivity contribution in [1.29, 1.82) is 0 Å². The van der Waals surface area contributed by atoms with E-state index < -0.39 is 0 Å². The van der Waals surface area contributed by atoms with Gasteiger partial charge in [-0.3, -0.25) is 0 Å². The summed E-state index contributed by atoms with van der Waals surface area (Å²) in [6, 6.07) is 0.485. The van der Waals surface area contributed by atoms with Gasteiger partial charge in [-0.2, -0.15) is 4.98 Å². The van der Waals surface area contributed by atoms with Crippen molar-refractivity contribution >= 4 is 0 Å². The summed E-state index contributed by atoms with van der Waals surface area (Å²) in [5.74, 6) is 1.28. The molecular weight excluding hydrogens is 194 g/mol. The molecule has 0 aliphatic carbocycles. The van der Waals surface area contributed by atoms with Gasteiger partial charge in [0.05, 0.1) is 13.0 Å². The summed E-state index contributed by atoms with van der Waals surface area (Å²) in [7, 11) is 0. The van der Waals surface area contributed by atoms with E-state index >= 15 is 0 Å². The van der Waals surface area contributed by atoms with E-state index in [0.29, 0.717) is 18.4 Å². The lowest BCUT2D eigenvalue weighted by Gasteiger charge is -2.21. The molecule has 1 unspecified atom stereocenters. The fourth-order valence-electron chi connectivity index (χ4n) is 1.89. The maximum atomic E-state index is 8.71. The number of nitrogens with zero attached hydrogens (tertiary/aromatic N) is 2. The van der Waals surface area contributed by atoms with Gasteiger partial charge in [0.25, 0.3) is 0 Å². The van der Waals surface area contributed by atoms with E-state index in [0.717, 1.165) is 18.8 Å². The second-order valence-corrected chi connectivity index (χ2v) is 3.93. The maximum Gasteiger partial charge on any atom is 0.228 e. The second kappa shape index (κ2) is 5.23. The quantitative estimate of drug-likeness (QED) is 0.749. The molecule has 0 spiro atoms. The van der Waals surface area contributed by atoms with Gasteiger partial charge in [-0.05, 0) is 19.4 Å². The molecule has 2 rings (SSSR count). The number of nitrogens with one attached hydrogen (secondary N) is 1. The molecule has 15 heavy (non-hydrogen) atoms. The van der Waals surface area contributed by atoms with Crippen LogP contribution in [0.5, 0.6) is 0 Å². The minimum Gasteiger partial charge on any atom is -0.396 e. The molecule has 5 heteroatoms. The highest BCUT2D eigenvalue weighted by Gasteiger charge is 2.16. The second-order valence-electron chi connectivity index (χ2n) is 3.93. The lowest BCUT2D eigenvalue weighted by molar-refractivity contribution is 0.273. The van der Waals surface area contributed by atoms with Crippen molar-refractivity contribution in [3.63, 3.8) is 0 Å². The summed E-state index contributed by atoms with van der Waals surface area (Å²) in [6.07, 6.45) is 5.00. The van der Waals surface area contributed by atoms with E-state index in [1.807, 2.05) is 0 Å². The van der Waals surface area contributed by atoms with Crippen LogP contribution in [0.3, 0.4) is 0 Å². The Morgan fingerprint density at radius 2 is 2.40 bits per heavy atom. The molecular formula is C10H17N3O2. The Morgan fingerprint density at radius 1 is 1.47 bits per heavy atom. The normalized spacial score (nSPS) is 21.8. The Labute approximate surface area is 88.9 Å². The van der Waals surface area contributed by atoms with Gasteiger partial charge in [0.1, 0.15) is 0 Å². The monoisotopic (exact) mass is 211 g/mol. The Morgan fingerprint density at radius 3 is 3.13 bits per heavy atom. The van der Waals surface area contributed by atoms with Gasteiger partial charge in [0.2, 0.25) is 5.89 Å². The number of piperidine rings is 1. The number of aliphatic hydroxyl groups excluding tert-OH is 1. The first-order valence-corrected chi connectivity index (χ1v) is 5.54. The minimum absolute atomic E-state index is 0.0588. The van der Waals surface area contributed by atoms with Crippen LogP contribution >= 0.6 is 0 Å². The van der Waals surface area contributed by atoms with Crippen LogP contribution in [-0.2, 0) is 12.8 Å². The summed E-state index contributed by atoms with van der Waals surface area (Å²) in [5, 5.41) is 16.0. The molecule has 2 N–H and O–H groups in total. The highest BCUT2D eigenvalue weighted by molar-refractivity contribution is 4.91. The Bertz CT molecular complexity index is 295. The molecule has 0 saturated carbocycles. The number of rotatable bonds is 4. The van der Waals surface area contributed by atoms with Crippen LogP contribution in [-0.4, -0.2) is 34.4 Å². The Hall–Kier alpha value is -0.940. The zero-order valence-electron chi connectivity index (χ0n) is 8.78. The maximum absolute atomic E-state index is 8.71. The van der Waals surface area contributed by atoms with Crippen LogP contribution in [0, 0.1) is 0 Å². The van der Waals surface area contributed by atoms with Gasteiger partial charge in [-0.25, -0.2) is 0 Å². The molecule has 0 amide bonds. The predicted molar refractivity (Wildman–Crippen MR) is 54.4 cm³/mol. The van der Waals surface area contributed by atoms with Crippen molar-refractivity contribution in [2.75, 3.05) is 13.2 Å². The lowest BCUT2D eigenvalue weighted by atomic mass is 10.0. The third-order valence-electron chi connectivity index (χ3n) is 2.68. The Balaban J connectivity index is 1.86. The smallest absolute Gasteiger partial charge is 0.228 e. The van der Waals surface area contributed by atoms with Crippen molar-refractivity contribution in [3.05, 3.63) is 11.7 Å². The predicted octanol–water partition coefficient (Wildman–Crippen LogP) is 0.289. The average Bonchev–Trinajstić information content (AvgIpc) is 2.68. The van der Waals surface area contributed by atoms with E-state index in [1.165, 1.54) is 19.3 Å². The molecule has 1 aliphatic heterocycles. The van der Waals surface area contributed by atoms with Crippen molar-refractivity contribution in [2.24, 2.45) is 0 Å². The van der Waals surface area contributed by atoms with E-state index in [4.69, 9.17) is 9.63 Å². The largest absolute Gasteiger partial charge is 0.396 e. The number of hydrogen-bond acceptors (Lipinski definition) is 5. The number of hydrogen-bond donors (Lipinski definition) is 2. The van der Waals surface area contributed by atoms with Crippen LogP contribution in [0.1, 0.15) is 31.0 Å². The summed E-state index contributed by atoms with van der Waals surface area (Å²) in [4.78, 5) is 4.22. The molecule has 84 valence electrons. The molecule has 1 fully saturated rings. The summed E-state index contributed by atoms with van der Waals surface area (Å²) >= 11 is 0. The zero-order valence-corrected chi connectivity index (χ0v) is 8.78. The molecule has 2 heterocycles. The van der Waals surface area contributed by atoms with Gasteiger partial charge < -0.3 is 14.9 Å². The molecule has 0 aromatic carbocycles. The fraction of sp³-hybridized carbons (Fsp3) is 0.800. The van der Waals surface area contributed by atoms with Gasteiger partial charge >= 0.3 is 0 Å². The Kier molecular flexibility index (Phi) is 3.69. The van der Waals surface area contributed by atoms with Crippen molar-refractivity contribution in [2.45, 2.75) is 38.1 Å². The molecule has 1 aromatic rings. The summed E-state index contributed by atoms with van der Waals surface area (Å²) in [6.45, 7) is 1.15. The highest BCUT2D eigenvalue weighted by Crippen LogP contribution is 2.11. The molecule has 0 bridgehead atoms. The molecule has 1 aromatic heterocycles. The molecule has 0 radical (unpaired) electrons. The van der Waals surface area contributed by atoms with E-state index in [9.17, 15) is 0 Å². The van der Waals surface area contributed by atoms with Crippen molar-refractivity contribution < 1.29 is 9.63 Å². The van der Waals surface area contributed by atoms with Crippen LogP contribution in [0.25, 0.3) is 0 Å². The first-order chi connectivity index (χ1) is 7.38. The topological polar surface area (TPSA) is 71.2 Å². The first kappa shape index (κ1) is 10.6. The third kappa shape index (κ3) is 3.00. The third-order valence-corrected chi connectivity index (χ3v) is 2.68. The number of aromatic nitrogens is 2. The van der Waals surface area contributed by atoms with Crippen molar-refractivity contribution in [3.8, 4) is 0 Å². The van der Waals surface area contributed by atoms with E-state index in [2.05, 4.69) is 15.5 Å². The summed E-state index contributed by atoms with van der Waals surface area (Å²) < 4.78 is 5.00. The summed E-state index contributed by atoms with van der Waals surface area (Å²) in [5.41, 5.74) is 0. The highest BCUT2D eigenvalue weighted by atomic mass is 16.5. The van der Waals surface area contributed by atoms with Gasteiger partial charge in [-0.1, -0.05) is 11.6 Å². The van der Waals surface area contributed by atoms with Crippen LogP contribution < -0.4 is 5.32 Å². The van der Waals surface area contributed by atoms with Gasteiger partial charge in [0.15, 0.2) is 5.82 Å². The fourth-order valence-corrected chi connectivity index (χ4v) is 1.89. The van der Waals surface area contributed by atoms with Crippen LogP contribution in [0.4, 0.5) is 0 Å². The first-order valence-electron chi connectivity index (χ1n) is 5.54. The van der Waals surface area contributed by atoms with Crippen LogP contribution in [0.2, 0.25) is 0 Å². The lowest BCUT2D eigenvalue weighted by Crippen LogP contribution is -2.35. The molecule has 1 aliphatic rings. The number of aliphatic hydroxyl groups is 1. The standard InChI is InChI=1S/C10H17N3O2/c14-6-4-10-12-9(13-15-10)7-8-3-1-2-5-11-8/h8,11,14H,1-7H2. The average molecular weight is 211 g/mol. The molecule has 1 saturated heterocycles. The SMILES string of the molecule is OCCc1nc(CC2CCCCN2)no1. The molecule has 5 nitrogen and oxygen atoms in total. The van der Waals surface area contributed by atoms with Crippen molar-refractivity contribution in [1.82, 2.24) is 15.5 Å². The zero-order chi connectivity index (χ0) is 10.5.